The summed E-state index contributed by atoms with van der Waals surface area (Å²) in [6.45, 7) is 30.9. The highest BCUT2D eigenvalue weighted by molar-refractivity contribution is 6.12. The van der Waals surface area contributed by atoms with Gasteiger partial charge in [-0.15, -0.1) is 0 Å². The van der Waals surface area contributed by atoms with Gasteiger partial charge in [-0.1, -0.05) is 120 Å². The predicted octanol–water partition coefficient (Wildman–Crippen LogP) is 10.2. The minimum atomic E-state index is -0.336. The molecule has 0 aliphatic heterocycles. The fourth-order valence-electron chi connectivity index (χ4n) is 5.31. The molecular weight excluding hydrogens is 516 g/mol. The normalized spacial score (nSPS) is 14.8. The highest BCUT2D eigenvalue weighted by atomic mass is 16.5. The second-order valence-corrected chi connectivity index (χ2v) is 15.6. The van der Waals surface area contributed by atoms with Crippen LogP contribution in [-0.4, -0.2) is 11.8 Å². The van der Waals surface area contributed by atoms with Crippen molar-refractivity contribution < 1.29 is 14.3 Å². The topological polar surface area (TPSA) is 43.4 Å². The highest BCUT2D eigenvalue weighted by Crippen LogP contribution is 2.46. The standard InChI is InChI=1S/C39H50O3/c1-15-25-16-18-26(19-17-25)33(27-20-29(36(3,4)5)34(41)30(21-27)37(6,7)8)28-22-31(38(9,10)11)35(42-24(2)40)32(23-28)39(12,13)14/h15-23H,1H2,2-14H3. The van der Waals surface area contributed by atoms with Gasteiger partial charge in [0.25, 0.3) is 0 Å². The van der Waals surface area contributed by atoms with E-state index in [-0.39, 0.29) is 33.4 Å². The maximum absolute atomic E-state index is 13.8. The van der Waals surface area contributed by atoms with E-state index < -0.39 is 0 Å². The Bertz CT molecular complexity index is 1420. The average molecular weight is 567 g/mol. The second kappa shape index (κ2) is 11.3. The van der Waals surface area contributed by atoms with Crippen LogP contribution in [0.5, 0.6) is 5.75 Å². The predicted molar refractivity (Wildman–Crippen MR) is 178 cm³/mol. The number of rotatable bonds is 4. The smallest absolute Gasteiger partial charge is 0.308 e. The number of benzene rings is 2. The van der Waals surface area contributed by atoms with Crippen molar-refractivity contribution in [3.63, 3.8) is 0 Å². The number of hydrogen-bond donors (Lipinski definition) is 0. The third-order valence-electron chi connectivity index (χ3n) is 7.67. The molecule has 0 radical (unpaired) electrons. The lowest BCUT2D eigenvalue weighted by atomic mass is 9.70. The second-order valence-electron chi connectivity index (χ2n) is 15.6. The van der Waals surface area contributed by atoms with Crippen LogP contribution in [-0.2, 0) is 20.4 Å². The SMILES string of the molecule is C=Cc1ccc(C(=C2C=C(C(C)(C)C)C(=O)C(C(C)(C)C)=C2)c2cc(C(C)(C)C)c(OC(C)=O)c(C(C)(C)C)c2)cc1. The average Bonchev–Trinajstić information content (AvgIpc) is 2.82. The molecule has 1 aliphatic carbocycles. The molecular formula is C39H50O3. The van der Waals surface area contributed by atoms with Crippen LogP contribution < -0.4 is 4.74 Å². The van der Waals surface area contributed by atoms with E-state index >= 15 is 0 Å². The van der Waals surface area contributed by atoms with E-state index in [0.717, 1.165) is 50.1 Å². The van der Waals surface area contributed by atoms with Gasteiger partial charge in [-0.3, -0.25) is 9.59 Å². The van der Waals surface area contributed by atoms with Gasteiger partial charge in [-0.2, -0.15) is 0 Å². The van der Waals surface area contributed by atoms with Crippen LogP contribution in [0.4, 0.5) is 0 Å². The van der Waals surface area contributed by atoms with Gasteiger partial charge >= 0.3 is 5.97 Å². The molecule has 1 aliphatic rings. The summed E-state index contributed by atoms with van der Waals surface area (Å²) < 4.78 is 5.95. The molecule has 0 atom stereocenters. The quantitative estimate of drug-likeness (QED) is 0.273. The maximum Gasteiger partial charge on any atom is 0.308 e. The van der Waals surface area contributed by atoms with Gasteiger partial charge in [0.2, 0.25) is 0 Å². The monoisotopic (exact) mass is 566 g/mol. The molecule has 3 nitrogen and oxygen atoms in total. The molecule has 0 aromatic heterocycles. The van der Waals surface area contributed by atoms with Crippen molar-refractivity contribution in [1.29, 1.82) is 0 Å². The molecule has 0 amide bonds. The lowest BCUT2D eigenvalue weighted by Gasteiger charge is -2.33. The minimum Gasteiger partial charge on any atom is -0.426 e. The van der Waals surface area contributed by atoms with Crippen molar-refractivity contribution in [2.45, 2.75) is 101 Å². The Labute approximate surface area is 254 Å². The summed E-state index contributed by atoms with van der Waals surface area (Å²) in [5, 5.41) is 0. The molecule has 2 aromatic rings. The molecule has 0 N–H and O–H groups in total. The third-order valence-corrected chi connectivity index (χ3v) is 7.67. The number of carbonyl (C=O) groups is 2. The number of ether oxygens (including phenoxy) is 1. The van der Waals surface area contributed by atoms with Gasteiger partial charge in [-0.05, 0) is 73.8 Å². The number of Topliss-reactive ketones (excluding diaryl/α,β-unsaturated/α-hetero) is 1. The Morgan fingerprint density at radius 3 is 1.45 bits per heavy atom. The van der Waals surface area contributed by atoms with E-state index in [2.05, 4.69) is 138 Å². The summed E-state index contributed by atoms with van der Waals surface area (Å²) in [4.78, 5) is 26.2. The number of esters is 1. The van der Waals surface area contributed by atoms with Crippen LogP contribution in [0.1, 0.15) is 118 Å². The van der Waals surface area contributed by atoms with Gasteiger partial charge in [-0.25, -0.2) is 0 Å². The summed E-state index contributed by atoms with van der Waals surface area (Å²) in [7, 11) is 0. The minimum absolute atomic E-state index is 0.107. The molecule has 0 unspecified atom stereocenters. The molecule has 2 aromatic carbocycles. The number of allylic oxidation sites excluding steroid dienone is 5. The number of hydrogen-bond acceptors (Lipinski definition) is 3. The van der Waals surface area contributed by atoms with Crippen molar-refractivity contribution in [3.05, 3.63) is 99.7 Å². The summed E-state index contributed by atoms with van der Waals surface area (Å²) in [6.07, 6.45) is 6.01. The Hall–Kier alpha value is -3.46. The Balaban J connectivity index is 2.62. The van der Waals surface area contributed by atoms with Crippen molar-refractivity contribution in [1.82, 2.24) is 0 Å². The van der Waals surface area contributed by atoms with E-state index in [9.17, 15) is 9.59 Å². The highest BCUT2D eigenvalue weighted by Gasteiger charge is 2.35. The molecule has 0 heterocycles. The summed E-state index contributed by atoms with van der Waals surface area (Å²) in [5.74, 6) is 0.406. The number of ketones is 1. The molecule has 0 fully saturated rings. The van der Waals surface area contributed by atoms with Crippen LogP contribution in [0.25, 0.3) is 11.6 Å². The summed E-state index contributed by atoms with van der Waals surface area (Å²) >= 11 is 0. The number of carbonyl (C=O) groups excluding carboxylic acids is 2. The fraction of sp³-hybridized carbons (Fsp3) is 0.436. The first kappa shape index (κ1) is 33.0. The van der Waals surface area contributed by atoms with Crippen LogP contribution in [0.3, 0.4) is 0 Å². The summed E-state index contributed by atoms with van der Waals surface area (Å²) in [6, 6.07) is 12.7. The van der Waals surface area contributed by atoms with Crippen LogP contribution >= 0.6 is 0 Å². The summed E-state index contributed by atoms with van der Waals surface area (Å²) in [5.41, 5.74) is 7.38. The van der Waals surface area contributed by atoms with Crippen LogP contribution in [0, 0.1) is 10.8 Å². The first-order chi connectivity index (χ1) is 19.1. The lowest BCUT2D eigenvalue weighted by molar-refractivity contribution is -0.132. The van der Waals surface area contributed by atoms with Gasteiger partial charge in [0.15, 0.2) is 5.78 Å². The molecule has 0 spiro atoms. The molecule has 0 bridgehead atoms. The Kier molecular flexibility index (Phi) is 8.91. The molecule has 3 heteroatoms. The first-order valence-corrected chi connectivity index (χ1v) is 14.9. The van der Waals surface area contributed by atoms with E-state index in [1.165, 1.54) is 6.92 Å². The van der Waals surface area contributed by atoms with Crippen molar-refractivity contribution in [3.8, 4) is 5.75 Å². The molecule has 3 rings (SSSR count). The van der Waals surface area contributed by atoms with Crippen LogP contribution in [0.15, 0.2) is 71.8 Å². The van der Waals surface area contributed by atoms with Gasteiger partial charge < -0.3 is 4.74 Å². The van der Waals surface area contributed by atoms with E-state index in [1.54, 1.807) is 0 Å². The fourth-order valence-corrected chi connectivity index (χ4v) is 5.31. The molecule has 224 valence electrons. The molecule has 0 saturated carbocycles. The lowest BCUT2D eigenvalue weighted by Crippen LogP contribution is -2.28. The van der Waals surface area contributed by atoms with E-state index in [0.29, 0.717) is 5.75 Å². The zero-order valence-corrected chi connectivity index (χ0v) is 28.1. The third kappa shape index (κ3) is 7.12. The van der Waals surface area contributed by atoms with E-state index in [1.807, 2.05) is 6.08 Å². The Morgan fingerprint density at radius 2 is 1.12 bits per heavy atom. The van der Waals surface area contributed by atoms with Gasteiger partial charge in [0, 0.05) is 29.2 Å². The van der Waals surface area contributed by atoms with Crippen molar-refractivity contribution in [2.75, 3.05) is 0 Å². The molecule has 42 heavy (non-hydrogen) atoms. The Morgan fingerprint density at radius 1 is 0.690 bits per heavy atom. The van der Waals surface area contributed by atoms with Crippen molar-refractivity contribution in [2.24, 2.45) is 10.8 Å². The molecule has 0 saturated heterocycles. The largest absolute Gasteiger partial charge is 0.426 e. The van der Waals surface area contributed by atoms with Gasteiger partial charge in [0.1, 0.15) is 5.75 Å². The maximum atomic E-state index is 13.8. The zero-order chi connectivity index (χ0) is 32.0. The van der Waals surface area contributed by atoms with Crippen LogP contribution in [0.2, 0.25) is 0 Å². The van der Waals surface area contributed by atoms with E-state index in [4.69, 9.17) is 4.74 Å². The zero-order valence-electron chi connectivity index (χ0n) is 28.1. The first-order valence-electron chi connectivity index (χ1n) is 14.9. The van der Waals surface area contributed by atoms with Crippen molar-refractivity contribution >= 4 is 23.4 Å². The van der Waals surface area contributed by atoms with Gasteiger partial charge in [0.05, 0.1) is 0 Å².